The Morgan fingerprint density at radius 1 is 0.703 bits per heavy atom. The smallest absolute Gasteiger partial charge is 0.332 e. The first-order valence-electron chi connectivity index (χ1n) is 11.8. The van der Waals surface area contributed by atoms with Gasteiger partial charge in [0.25, 0.3) is 5.91 Å². The highest BCUT2D eigenvalue weighted by atomic mass is 19.1. The van der Waals surface area contributed by atoms with Crippen LogP contribution in [0.25, 0.3) is 0 Å². The van der Waals surface area contributed by atoms with Crippen LogP contribution in [0.2, 0.25) is 0 Å². The molecule has 0 saturated carbocycles. The van der Waals surface area contributed by atoms with Crippen molar-refractivity contribution in [3.05, 3.63) is 115 Å². The van der Waals surface area contributed by atoms with Gasteiger partial charge in [0.2, 0.25) is 0 Å². The van der Waals surface area contributed by atoms with Crippen LogP contribution in [-0.4, -0.2) is 22.4 Å². The van der Waals surface area contributed by atoms with Gasteiger partial charge in [-0.2, -0.15) is 0 Å². The molecule has 1 aliphatic heterocycles. The van der Waals surface area contributed by atoms with Crippen molar-refractivity contribution in [2.24, 2.45) is 0 Å². The Morgan fingerprint density at radius 2 is 1.27 bits per heavy atom. The molecule has 186 valence electrons. The zero-order valence-corrected chi connectivity index (χ0v) is 20.4. The van der Waals surface area contributed by atoms with Gasteiger partial charge in [0.05, 0.1) is 5.69 Å². The van der Waals surface area contributed by atoms with Gasteiger partial charge in [0.15, 0.2) is 0 Å². The van der Waals surface area contributed by atoms with Crippen molar-refractivity contribution >= 4 is 17.6 Å². The van der Waals surface area contributed by atoms with Crippen molar-refractivity contribution in [3.8, 4) is 23.0 Å². The second-order valence-corrected chi connectivity index (χ2v) is 9.18. The molecular formula is C30H25FN2O4. The summed E-state index contributed by atoms with van der Waals surface area (Å²) in [5.41, 5.74) is 0.214. The number of para-hydroxylation sites is 1. The molecule has 0 spiro atoms. The van der Waals surface area contributed by atoms with E-state index in [2.05, 4.69) is 0 Å². The fourth-order valence-electron chi connectivity index (χ4n) is 4.15. The Kier molecular flexibility index (Phi) is 6.36. The van der Waals surface area contributed by atoms with Crippen molar-refractivity contribution < 1.29 is 23.5 Å². The van der Waals surface area contributed by atoms with E-state index >= 15 is 0 Å². The van der Waals surface area contributed by atoms with Crippen molar-refractivity contribution in [2.75, 3.05) is 4.90 Å². The molecule has 1 aliphatic rings. The van der Waals surface area contributed by atoms with E-state index in [4.69, 9.17) is 9.47 Å². The van der Waals surface area contributed by atoms with Gasteiger partial charge in [-0.25, -0.2) is 14.1 Å². The lowest BCUT2D eigenvalue weighted by Gasteiger charge is -2.27. The van der Waals surface area contributed by atoms with Gasteiger partial charge in [-0.1, -0.05) is 30.3 Å². The molecule has 0 aliphatic carbocycles. The maximum atomic E-state index is 13.5. The molecule has 3 amide bonds. The number of carbonyl (C=O) groups is 2. The predicted molar refractivity (Wildman–Crippen MR) is 138 cm³/mol. The Morgan fingerprint density at radius 3 is 1.95 bits per heavy atom. The number of rotatable bonds is 7. The predicted octanol–water partition coefficient (Wildman–Crippen LogP) is 7.16. The van der Waals surface area contributed by atoms with Gasteiger partial charge < -0.3 is 14.4 Å². The van der Waals surface area contributed by atoms with E-state index in [0.717, 1.165) is 5.56 Å². The van der Waals surface area contributed by atoms with Gasteiger partial charge in [-0.15, -0.1) is 0 Å². The first kappa shape index (κ1) is 24.1. The standard InChI is InChI=1S/C30H25FN2O4/c1-30(2)28(34)33(23-13-17-26(18-14-23)36-24-8-4-3-5-9-24)29(35)32(30)20-21-7-6-10-27(19-21)37-25-15-11-22(31)12-16-25/h3-19H,20H2,1-2H3. The summed E-state index contributed by atoms with van der Waals surface area (Å²) in [5.74, 6) is 1.68. The third kappa shape index (κ3) is 5.02. The maximum absolute atomic E-state index is 13.5. The van der Waals surface area contributed by atoms with Gasteiger partial charge in [0.1, 0.15) is 34.4 Å². The molecule has 0 aromatic heterocycles. The number of imide groups is 1. The summed E-state index contributed by atoms with van der Waals surface area (Å²) in [6.07, 6.45) is 0. The largest absolute Gasteiger partial charge is 0.457 e. The number of ether oxygens (including phenoxy) is 2. The van der Waals surface area contributed by atoms with Crippen molar-refractivity contribution in [1.82, 2.24) is 4.90 Å². The Balaban J connectivity index is 1.33. The molecule has 0 unspecified atom stereocenters. The van der Waals surface area contributed by atoms with Gasteiger partial charge in [-0.05, 0) is 92.2 Å². The molecule has 1 saturated heterocycles. The topological polar surface area (TPSA) is 59.1 Å². The number of benzene rings is 4. The Labute approximate surface area is 214 Å². The molecule has 4 aromatic carbocycles. The van der Waals surface area contributed by atoms with E-state index in [1.807, 2.05) is 42.5 Å². The van der Waals surface area contributed by atoms with Crippen molar-refractivity contribution in [1.29, 1.82) is 0 Å². The highest BCUT2D eigenvalue weighted by Crippen LogP contribution is 2.35. The Bertz CT molecular complexity index is 1420. The van der Waals surface area contributed by atoms with Crippen LogP contribution in [0.4, 0.5) is 14.9 Å². The number of urea groups is 1. The third-order valence-electron chi connectivity index (χ3n) is 6.19. The van der Waals surface area contributed by atoms with Crippen LogP contribution in [0.15, 0.2) is 103 Å². The summed E-state index contributed by atoms with van der Waals surface area (Å²) in [7, 11) is 0. The van der Waals surface area contributed by atoms with E-state index in [1.54, 1.807) is 67.3 Å². The summed E-state index contributed by atoms with van der Waals surface area (Å²) >= 11 is 0. The molecule has 6 nitrogen and oxygen atoms in total. The van der Waals surface area contributed by atoms with Crippen LogP contribution in [0.5, 0.6) is 23.0 Å². The molecule has 1 fully saturated rings. The van der Waals surface area contributed by atoms with Crippen LogP contribution in [0.3, 0.4) is 0 Å². The molecular weight excluding hydrogens is 471 g/mol. The van der Waals surface area contributed by atoms with Gasteiger partial charge in [0, 0.05) is 6.54 Å². The lowest BCUT2D eigenvalue weighted by molar-refractivity contribution is -0.123. The molecule has 0 N–H and O–H groups in total. The summed E-state index contributed by atoms with van der Waals surface area (Å²) in [6.45, 7) is 3.68. The molecule has 4 aromatic rings. The van der Waals surface area contributed by atoms with Gasteiger partial charge in [-0.3, -0.25) is 4.79 Å². The third-order valence-corrected chi connectivity index (χ3v) is 6.19. The minimum atomic E-state index is -1.05. The average Bonchev–Trinajstić information content (AvgIpc) is 3.06. The van der Waals surface area contributed by atoms with Gasteiger partial charge >= 0.3 is 6.03 Å². The number of hydrogen-bond donors (Lipinski definition) is 0. The molecule has 1 heterocycles. The molecule has 5 rings (SSSR count). The molecule has 0 bridgehead atoms. The van der Waals surface area contributed by atoms with Crippen LogP contribution in [0, 0.1) is 5.82 Å². The van der Waals surface area contributed by atoms with E-state index in [0.29, 0.717) is 28.7 Å². The number of hydrogen-bond acceptors (Lipinski definition) is 4. The monoisotopic (exact) mass is 496 g/mol. The second kappa shape index (κ2) is 9.78. The zero-order chi connectivity index (χ0) is 26.0. The van der Waals surface area contributed by atoms with Crippen LogP contribution in [-0.2, 0) is 11.3 Å². The summed E-state index contributed by atoms with van der Waals surface area (Å²) < 4.78 is 24.8. The lowest BCUT2D eigenvalue weighted by Crippen LogP contribution is -2.43. The minimum absolute atomic E-state index is 0.212. The fourth-order valence-corrected chi connectivity index (χ4v) is 4.15. The van der Waals surface area contributed by atoms with Crippen LogP contribution in [0.1, 0.15) is 19.4 Å². The number of carbonyl (C=O) groups excluding carboxylic acids is 2. The normalized spacial score (nSPS) is 14.7. The van der Waals surface area contributed by atoms with Crippen molar-refractivity contribution in [2.45, 2.75) is 25.9 Å². The molecule has 0 radical (unpaired) electrons. The van der Waals surface area contributed by atoms with E-state index in [1.165, 1.54) is 17.0 Å². The summed E-state index contributed by atoms with van der Waals surface area (Å²) in [6, 6.07) is 28.8. The SMILES string of the molecule is CC1(C)C(=O)N(c2ccc(Oc3ccccc3)cc2)C(=O)N1Cc1cccc(Oc2ccc(F)cc2)c1. The second-order valence-electron chi connectivity index (χ2n) is 9.18. The number of nitrogens with zero attached hydrogens (tertiary/aromatic N) is 2. The highest BCUT2D eigenvalue weighted by molar-refractivity contribution is 6.22. The van der Waals surface area contributed by atoms with Crippen molar-refractivity contribution in [3.63, 3.8) is 0 Å². The molecule has 37 heavy (non-hydrogen) atoms. The van der Waals surface area contributed by atoms with E-state index < -0.39 is 11.6 Å². The summed E-state index contributed by atoms with van der Waals surface area (Å²) in [5, 5.41) is 0. The number of anilines is 1. The quantitative estimate of drug-likeness (QED) is 0.255. The average molecular weight is 497 g/mol. The molecule has 7 heteroatoms. The number of halogens is 1. The summed E-state index contributed by atoms with van der Waals surface area (Å²) in [4.78, 5) is 29.5. The Hall–Kier alpha value is -4.65. The number of amides is 3. The zero-order valence-electron chi connectivity index (χ0n) is 20.4. The maximum Gasteiger partial charge on any atom is 0.332 e. The van der Waals surface area contributed by atoms with E-state index in [-0.39, 0.29) is 18.3 Å². The minimum Gasteiger partial charge on any atom is -0.457 e. The first-order valence-corrected chi connectivity index (χ1v) is 11.8. The molecule has 0 atom stereocenters. The van der Waals surface area contributed by atoms with Crippen LogP contribution < -0.4 is 14.4 Å². The van der Waals surface area contributed by atoms with Crippen LogP contribution >= 0.6 is 0 Å². The first-order chi connectivity index (χ1) is 17.8. The fraction of sp³-hybridized carbons (Fsp3) is 0.133. The van der Waals surface area contributed by atoms with E-state index in [9.17, 15) is 14.0 Å². The highest BCUT2D eigenvalue weighted by Gasteiger charge is 2.51. The lowest BCUT2D eigenvalue weighted by atomic mass is 10.0.